The fraction of sp³-hybridized carbons (Fsp3) is 0.333. The van der Waals surface area contributed by atoms with E-state index in [0.717, 1.165) is 5.56 Å². The van der Waals surface area contributed by atoms with E-state index in [-0.39, 0.29) is 12.4 Å². The molecule has 1 aromatic rings. The van der Waals surface area contributed by atoms with E-state index in [2.05, 4.69) is 0 Å². The Hall–Kier alpha value is -2.02. The SMILES string of the molecule is CCOC(=O)C(C#N)Cc1ccc(O)cc1. The van der Waals surface area contributed by atoms with Gasteiger partial charge in [-0.15, -0.1) is 0 Å². The lowest BCUT2D eigenvalue weighted by Crippen LogP contribution is -2.18. The van der Waals surface area contributed by atoms with Crippen molar-refractivity contribution in [2.45, 2.75) is 13.3 Å². The summed E-state index contributed by atoms with van der Waals surface area (Å²) >= 11 is 0. The number of carbonyl (C=O) groups excluding carboxylic acids is 1. The lowest BCUT2D eigenvalue weighted by molar-refractivity contribution is -0.145. The Bertz CT molecular complexity index is 392. The molecule has 4 nitrogen and oxygen atoms in total. The molecule has 0 heterocycles. The van der Waals surface area contributed by atoms with Crippen LogP contribution in [0.15, 0.2) is 24.3 Å². The van der Waals surface area contributed by atoms with Crippen molar-refractivity contribution in [3.63, 3.8) is 0 Å². The van der Waals surface area contributed by atoms with Crippen molar-refractivity contribution >= 4 is 5.97 Å². The van der Waals surface area contributed by atoms with E-state index in [1.165, 1.54) is 12.1 Å². The largest absolute Gasteiger partial charge is 0.508 e. The number of esters is 1. The smallest absolute Gasteiger partial charge is 0.323 e. The summed E-state index contributed by atoms with van der Waals surface area (Å²) in [6.07, 6.45) is 0.301. The molecule has 0 fully saturated rings. The van der Waals surface area contributed by atoms with Crippen LogP contribution in [-0.2, 0) is 16.0 Å². The van der Waals surface area contributed by atoms with E-state index < -0.39 is 11.9 Å². The summed E-state index contributed by atoms with van der Waals surface area (Å²) in [6.45, 7) is 1.97. The molecule has 0 radical (unpaired) electrons. The lowest BCUT2D eigenvalue weighted by Gasteiger charge is -2.08. The van der Waals surface area contributed by atoms with Crippen molar-refractivity contribution in [2.24, 2.45) is 5.92 Å². The van der Waals surface area contributed by atoms with Crippen LogP contribution in [0.2, 0.25) is 0 Å². The highest BCUT2D eigenvalue weighted by molar-refractivity contribution is 5.75. The minimum atomic E-state index is -0.788. The maximum atomic E-state index is 11.4. The van der Waals surface area contributed by atoms with Gasteiger partial charge in [0.2, 0.25) is 0 Å². The molecular formula is C12H13NO3. The highest BCUT2D eigenvalue weighted by Crippen LogP contribution is 2.14. The molecule has 0 bridgehead atoms. The van der Waals surface area contributed by atoms with Crippen LogP contribution >= 0.6 is 0 Å². The van der Waals surface area contributed by atoms with E-state index in [1.54, 1.807) is 19.1 Å². The van der Waals surface area contributed by atoms with Gasteiger partial charge in [-0.05, 0) is 31.0 Å². The maximum absolute atomic E-state index is 11.4. The van der Waals surface area contributed by atoms with Crippen molar-refractivity contribution in [1.82, 2.24) is 0 Å². The first-order valence-corrected chi connectivity index (χ1v) is 5.01. The van der Waals surface area contributed by atoms with Crippen LogP contribution in [0, 0.1) is 17.2 Å². The third-order valence-electron chi connectivity index (χ3n) is 2.10. The fourth-order valence-corrected chi connectivity index (χ4v) is 1.29. The molecule has 0 saturated heterocycles. The number of phenolic OH excluding ortho intramolecular Hbond substituents is 1. The second-order valence-electron chi connectivity index (χ2n) is 3.30. The molecular weight excluding hydrogens is 206 g/mol. The highest BCUT2D eigenvalue weighted by Gasteiger charge is 2.19. The Morgan fingerprint density at radius 3 is 2.62 bits per heavy atom. The van der Waals surface area contributed by atoms with Gasteiger partial charge in [0.25, 0.3) is 0 Å². The number of carbonyl (C=O) groups is 1. The van der Waals surface area contributed by atoms with Gasteiger partial charge in [0.15, 0.2) is 0 Å². The van der Waals surface area contributed by atoms with E-state index in [4.69, 9.17) is 15.1 Å². The molecule has 1 unspecified atom stereocenters. The molecule has 1 rings (SSSR count). The van der Waals surface area contributed by atoms with Gasteiger partial charge in [-0.3, -0.25) is 4.79 Å². The van der Waals surface area contributed by atoms with Crippen molar-refractivity contribution in [1.29, 1.82) is 5.26 Å². The topological polar surface area (TPSA) is 70.3 Å². The number of benzene rings is 1. The van der Waals surface area contributed by atoms with Crippen LogP contribution in [0.4, 0.5) is 0 Å². The molecule has 0 aliphatic carbocycles. The molecule has 0 aliphatic heterocycles. The zero-order valence-corrected chi connectivity index (χ0v) is 9.01. The van der Waals surface area contributed by atoms with Gasteiger partial charge in [-0.2, -0.15) is 5.26 Å². The molecule has 0 saturated carbocycles. The molecule has 84 valence electrons. The number of ether oxygens (including phenoxy) is 1. The van der Waals surface area contributed by atoms with E-state index in [1.807, 2.05) is 6.07 Å². The Morgan fingerprint density at radius 1 is 1.50 bits per heavy atom. The van der Waals surface area contributed by atoms with E-state index >= 15 is 0 Å². The summed E-state index contributed by atoms with van der Waals surface area (Å²) in [6, 6.07) is 8.32. The maximum Gasteiger partial charge on any atom is 0.323 e. The van der Waals surface area contributed by atoms with Gasteiger partial charge in [0.05, 0.1) is 12.7 Å². The highest BCUT2D eigenvalue weighted by atomic mass is 16.5. The van der Waals surface area contributed by atoms with Gasteiger partial charge < -0.3 is 9.84 Å². The van der Waals surface area contributed by atoms with Crippen LogP contribution in [0.25, 0.3) is 0 Å². The Morgan fingerprint density at radius 2 is 2.12 bits per heavy atom. The summed E-state index contributed by atoms with van der Waals surface area (Å²) in [5.41, 5.74) is 0.817. The first-order valence-electron chi connectivity index (χ1n) is 5.01. The summed E-state index contributed by atoms with van der Waals surface area (Å²) in [7, 11) is 0. The molecule has 0 aliphatic rings. The fourth-order valence-electron chi connectivity index (χ4n) is 1.29. The second-order valence-corrected chi connectivity index (χ2v) is 3.30. The molecule has 0 spiro atoms. The van der Waals surface area contributed by atoms with Gasteiger partial charge in [0, 0.05) is 0 Å². The minimum Gasteiger partial charge on any atom is -0.508 e. The van der Waals surface area contributed by atoms with E-state index in [0.29, 0.717) is 6.42 Å². The zero-order valence-electron chi connectivity index (χ0n) is 9.01. The molecule has 1 N–H and O–H groups in total. The monoisotopic (exact) mass is 219 g/mol. The molecule has 0 aromatic heterocycles. The van der Waals surface area contributed by atoms with Crippen molar-refractivity contribution in [3.05, 3.63) is 29.8 Å². The Kier molecular flexibility index (Phi) is 4.34. The van der Waals surface area contributed by atoms with Gasteiger partial charge in [0.1, 0.15) is 11.7 Å². The van der Waals surface area contributed by atoms with Gasteiger partial charge in [-0.1, -0.05) is 12.1 Å². The third-order valence-corrected chi connectivity index (χ3v) is 2.10. The van der Waals surface area contributed by atoms with Gasteiger partial charge in [-0.25, -0.2) is 0 Å². The number of aromatic hydroxyl groups is 1. The third kappa shape index (κ3) is 3.28. The lowest BCUT2D eigenvalue weighted by atomic mass is 10.0. The average molecular weight is 219 g/mol. The Labute approximate surface area is 94.1 Å². The molecule has 16 heavy (non-hydrogen) atoms. The Balaban J connectivity index is 2.67. The average Bonchev–Trinajstić information content (AvgIpc) is 2.28. The predicted molar refractivity (Wildman–Crippen MR) is 57.5 cm³/mol. The van der Waals surface area contributed by atoms with E-state index in [9.17, 15) is 4.79 Å². The zero-order chi connectivity index (χ0) is 12.0. The predicted octanol–water partition coefficient (Wildman–Crippen LogP) is 1.64. The standard InChI is InChI=1S/C12H13NO3/c1-2-16-12(15)10(8-13)7-9-3-5-11(14)6-4-9/h3-6,10,14H,2,7H2,1H3. The second kappa shape index (κ2) is 5.76. The molecule has 1 aromatic carbocycles. The van der Waals surface area contributed by atoms with Crippen molar-refractivity contribution in [3.8, 4) is 11.8 Å². The number of rotatable bonds is 4. The number of phenols is 1. The summed E-state index contributed by atoms with van der Waals surface area (Å²) in [5.74, 6) is -1.13. The first kappa shape index (κ1) is 12.1. The minimum absolute atomic E-state index is 0.161. The number of hydrogen-bond donors (Lipinski definition) is 1. The van der Waals surface area contributed by atoms with Crippen LogP contribution in [0.1, 0.15) is 12.5 Å². The van der Waals surface area contributed by atoms with Crippen LogP contribution < -0.4 is 0 Å². The first-order chi connectivity index (χ1) is 7.67. The molecule has 4 heteroatoms. The van der Waals surface area contributed by atoms with Crippen molar-refractivity contribution in [2.75, 3.05) is 6.61 Å². The molecule has 0 amide bonds. The number of hydrogen-bond acceptors (Lipinski definition) is 4. The normalized spacial score (nSPS) is 11.5. The summed E-state index contributed by atoms with van der Waals surface area (Å²) in [4.78, 5) is 11.4. The number of nitrogens with zero attached hydrogens (tertiary/aromatic N) is 1. The van der Waals surface area contributed by atoms with Crippen LogP contribution in [-0.4, -0.2) is 17.7 Å². The van der Waals surface area contributed by atoms with Crippen LogP contribution in [0.5, 0.6) is 5.75 Å². The summed E-state index contributed by atoms with van der Waals surface area (Å²) < 4.78 is 4.78. The van der Waals surface area contributed by atoms with Gasteiger partial charge >= 0.3 is 5.97 Å². The summed E-state index contributed by atoms with van der Waals surface area (Å²) in [5, 5.41) is 17.9. The van der Waals surface area contributed by atoms with Crippen molar-refractivity contribution < 1.29 is 14.6 Å². The van der Waals surface area contributed by atoms with Crippen LogP contribution in [0.3, 0.4) is 0 Å². The molecule has 1 atom stereocenters. The number of nitriles is 1. The quantitative estimate of drug-likeness (QED) is 0.781.